The Morgan fingerprint density at radius 3 is 2.50 bits per heavy atom. The second-order valence-electron chi connectivity index (χ2n) is 12.1. The molecular weight excluding hydrogens is 608 g/mol. The molecule has 0 bridgehead atoms. The molecule has 246 valence electrons. The van der Waals surface area contributed by atoms with Gasteiger partial charge in [0.1, 0.15) is 0 Å². The summed E-state index contributed by atoms with van der Waals surface area (Å²) >= 11 is 6.65. The topological polar surface area (TPSA) is 130 Å². The maximum absolute atomic E-state index is 13.7. The fourth-order valence-corrected chi connectivity index (χ4v) is 5.95. The summed E-state index contributed by atoms with van der Waals surface area (Å²) in [5.41, 5.74) is 9.33. The Bertz CT molecular complexity index is 1550. The average Bonchev–Trinajstić information content (AvgIpc) is 3.14. The van der Waals surface area contributed by atoms with E-state index in [9.17, 15) is 14.4 Å². The molecule has 2 atom stereocenters. The van der Waals surface area contributed by atoms with Gasteiger partial charge in [0.05, 0.1) is 29.6 Å². The molecule has 0 radical (unpaired) electrons. The fourth-order valence-electron chi connectivity index (χ4n) is 5.78. The Morgan fingerprint density at radius 2 is 1.89 bits per heavy atom. The number of rotatable bonds is 9. The summed E-state index contributed by atoms with van der Waals surface area (Å²) in [6.07, 6.45) is 6.22. The number of hydrogen-bond donors (Lipinski definition) is 2. The predicted octanol–water partition coefficient (Wildman–Crippen LogP) is 4.54. The Balaban J connectivity index is 1.85. The number of likely N-dealkylation sites (N-methyl/N-ethyl adjacent to an activating group) is 1. The van der Waals surface area contributed by atoms with Crippen LogP contribution in [-0.2, 0) is 19.1 Å². The molecule has 4 rings (SSSR count). The first-order valence-corrected chi connectivity index (χ1v) is 15.6. The van der Waals surface area contributed by atoms with Crippen LogP contribution < -0.4 is 11.1 Å². The first-order valence-electron chi connectivity index (χ1n) is 15.2. The molecule has 2 unspecified atom stereocenters. The Hall–Kier alpha value is -4.35. The Morgan fingerprint density at radius 1 is 1.20 bits per heavy atom. The lowest BCUT2D eigenvalue weighted by Crippen LogP contribution is -2.51. The van der Waals surface area contributed by atoms with E-state index in [1.54, 1.807) is 29.2 Å². The molecule has 1 saturated heterocycles. The maximum Gasteiger partial charge on any atom is 0.410 e. The molecule has 46 heavy (non-hydrogen) atoms. The van der Waals surface area contributed by atoms with E-state index >= 15 is 0 Å². The van der Waals surface area contributed by atoms with Crippen molar-refractivity contribution in [1.82, 2.24) is 25.0 Å². The molecule has 2 aromatic rings. The lowest BCUT2D eigenvalue weighted by atomic mass is 9.89. The van der Waals surface area contributed by atoms with Gasteiger partial charge in [-0.1, -0.05) is 30.3 Å². The first kappa shape index (κ1) is 34.5. The standard InChI is InChI=1S/C34H43ClN6O5/c1-8-39(7)28(20-36)30(38-32(43)34(5,6)46-22(4)42)27-18-23-10-9-13-37-29(23)31(25-12-11-24(35)19-26(25)27)40-14-16-41(17-15-40)33(44)45-21(2)3/h8-13,18-21,30-31H,1,14-17,36H2,2-7H3,(H,38,43)/b28-20-. The molecule has 1 aromatic carbocycles. The van der Waals surface area contributed by atoms with Crippen LogP contribution in [0.4, 0.5) is 4.79 Å². The number of nitrogens with zero attached hydrogens (tertiary/aromatic N) is 4. The highest BCUT2D eigenvalue weighted by Crippen LogP contribution is 2.42. The van der Waals surface area contributed by atoms with Crippen LogP contribution in [0.5, 0.6) is 0 Å². The second-order valence-corrected chi connectivity index (χ2v) is 12.5. The van der Waals surface area contributed by atoms with Gasteiger partial charge in [-0.25, -0.2) is 4.79 Å². The molecule has 0 saturated carbocycles. The molecular formula is C34H43ClN6O5. The SMILES string of the molecule is C=CN(C)/C(=C\N)C(NC(=O)C(C)(C)OC(C)=O)C1=Cc2cccnc2C(N2CCN(C(=O)OC(C)C)CC2)c2ccc(Cl)cc21. The van der Waals surface area contributed by atoms with Gasteiger partial charge in [-0.2, -0.15) is 0 Å². The van der Waals surface area contributed by atoms with E-state index < -0.39 is 23.5 Å². The van der Waals surface area contributed by atoms with Gasteiger partial charge in [-0.15, -0.1) is 0 Å². The number of pyridine rings is 1. The fraction of sp³-hybridized carbons (Fsp3) is 0.412. The van der Waals surface area contributed by atoms with E-state index in [1.165, 1.54) is 27.0 Å². The van der Waals surface area contributed by atoms with E-state index in [4.69, 9.17) is 31.8 Å². The van der Waals surface area contributed by atoms with Crippen LogP contribution in [0.2, 0.25) is 5.02 Å². The number of carbonyl (C=O) groups excluding carboxylic acids is 3. The van der Waals surface area contributed by atoms with E-state index in [2.05, 4.69) is 16.8 Å². The molecule has 11 nitrogen and oxygen atoms in total. The first-order chi connectivity index (χ1) is 21.8. The molecule has 2 aliphatic rings. The minimum Gasteiger partial charge on any atom is -0.450 e. The largest absolute Gasteiger partial charge is 0.450 e. The smallest absolute Gasteiger partial charge is 0.410 e. The third-order valence-corrected chi connectivity index (χ3v) is 8.25. The van der Waals surface area contributed by atoms with Crippen molar-refractivity contribution in [2.45, 2.75) is 58.4 Å². The Kier molecular flexibility index (Phi) is 10.8. The van der Waals surface area contributed by atoms with Crippen LogP contribution in [0, 0.1) is 0 Å². The number of nitrogens with two attached hydrogens (primary N) is 1. The zero-order valence-electron chi connectivity index (χ0n) is 27.2. The summed E-state index contributed by atoms with van der Waals surface area (Å²) in [5.74, 6) is -1.11. The molecule has 1 fully saturated rings. The third-order valence-electron chi connectivity index (χ3n) is 8.02. The van der Waals surface area contributed by atoms with Crippen LogP contribution in [0.25, 0.3) is 11.6 Å². The molecule has 0 spiro atoms. The van der Waals surface area contributed by atoms with Crippen LogP contribution in [0.15, 0.2) is 61.2 Å². The molecule has 1 aliphatic heterocycles. The lowest BCUT2D eigenvalue weighted by Gasteiger charge is -2.39. The van der Waals surface area contributed by atoms with Gasteiger partial charge in [0, 0.05) is 57.6 Å². The molecule has 1 aliphatic carbocycles. The van der Waals surface area contributed by atoms with Crippen LogP contribution >= 0.6 is 11.6 Å². The van der Waals surface area contributed by atoms with Crippen molar-refractivity contribution in [1.29, 1.82) is 0 Å². The highest BCUT2D eigenvalue weighted by Gasteiger charge is 2.39. The van der Waals surface area contributed by atoms with Gasteiger partial charge in [-0.3, -0.25) is 19.5 Å². The number of halogens is 1. The van der Waals surface area contributed by atoms with Gasteiger partial charge >= 0.3 is 12.1 Å². The van der Waals surface area contributed by atoms with Gasteiger partial charge in [0.25, 0.3) is 5.91 Å². The summed E-state index contributed by atoms with van der Waals surface area (Å²) in [5, 5.41) is 3.59. The molecule has 1 aromatic heterocycles. The van der Waals surface area contributed by atoms with Crippen LogP contribution in [0.1, 0.15) is 63.0 Å². The summed E-state index contributed by atoms with van der Waals surface area (Å²) < 4.78 is 10.8. The summed E-state index contributed by atoms with van der Waals surface area (Å²) in [6.45, 7) is 14.0. The number of esters is 1. The van der Waals surface area contributed by atoms with Gasteiger partial charge in [-0.05, 0) is 80.4 Å². The summed E-state index contributed by atoms with van der Waals surface area (Å²) in [7, 11) is 1.78. The number of hydrogen-bond acceptors (Lipinski definition) is 9. The van der Waals surface area contributed by atoms with Crippen molar-refractivity contribution in [3.05, 3.63) is 88.6 Å². The van der Waals surface area contributed by atoms with Crippen molar-refractivity contribution in [2.24, 2.45) is 5.73 Å². The van der Waals surface area contributed by atoms with Gasteiger partial charge in [0.2, 0.25) is 0 Å². The number of carbonyl (C=O) groups is 3. The minimum absolute atomic E-state index is 0.204. The number of piperazine rings is 1. The van der Waals surface area contributed by atoms with Crippen LogP contribution in [0.3, 0.4) is 0 Å². The molecule has 2 amide bonds. The van der Waals surface area contributed by atoms with E-state index in [-0.39, 0.29) is 18.2 Å². The monoisotopic (exact) mass is 650 g/mol. The number of amides is 2. The average molecular weight is 651 g/mol. The van der Waals surface area contributed by atoms with Crippen molar-refractivity contribution in [2.75, 3.05) is 33.2 Å². The van der Waals surface area contributed by atoms with Crippen molar-refractivity contribution >= 4 is 41.2 Å². The highest BCUT2D eigenvalue weighted by atomic mass is 35.5. The Labute approximate surface area is 275 Å². The highest BCUT2D eigenvalue weighted by molar-refractivity contribution is 6.30. The number of fused-ring (bicyclic) bond motifs is 2. The summed E-state index contributed by atoms with van der Waals surface area (Å²) in [6, 6.07) is 8.41. The van der Waals surface area contributed by atoms with Crippen molar-refractivity contribution in [3.63, 3.8) is 0 Å². The number of aromatic nitrogens is 1. The summed E-state index contributed by atoms with van der Waals surface area (Å²) in [4.78, 5) is 48.8. The van der Waals surface area contributed by atoms with Crippen LogP contribution in [-0.4, -0.2) is 88.6 Å². The zero-order chi connectivity index (χ0) is 33.8. The van der Waals surface area contributed by atoms with Gasteiger partial charge < -0.3 is 30.3 Å². The van der Waals surface area contributed by atoms with Crippen molar-refractivity contribution < 1.29 is 23.9 Å². The lowest BCUT2D eigenvalue weighted by molar-refractivity contribution is -0.163. The maximum atomic E-state index is 13.7. The van der Waals surface area contributed by atoms with E-state index in [0.717, 1.165) is 22.4 Å². The quantitative estimate of drug-likeness (QED) is 0.376. The van der Waals surface area contributed by atoms with Gasteiger partial charge in [0.15, 0.2) is 5.60 Å². The number of ether oxygens (including phenoxy) is 2. The van der Waals surface area contributed by atoms with Crippen molar-refractivity contribution in [3.8, 4) is 0 Å². The molecule has 12 heteroatoms. The van der Waals surface area contributed by atoms with E-state index in [0.29, 0.717) is 42.5 Å². The third kappa shape index (κ3) is 7.54. The molecule has 3 N–H and O–H groups in total. The minimum atomic E-state index is -1.47. The normalized spacial score (nSPS) is 17.6. The number of nitrogens with one attached hydrogen (secondary N) is 1. The number of benzene rings is 1. The molecule has 2 heterocycles. The predicted molar refractivity (Wildman–Crippen MR) is 178 cm³/mol. The van der Waals surface area contributed by atoms with E-state index in [1.807, 2.05) is 50.3 Å². The second kappa shape index (κ2) is 14.4. The zero-order valence-corrected chi connectivity index (χ0v) is 28.0.